The SMILES string of the molecule is CCN(CC(N)=S)C(=O)CC1(OC)CCC1. The second-order valence-corrected chi connectivity index (χ2v) is 4.82. The van der Waals surface area contributed by atoms with Crippen LogP contribution < -0.4 is 5.73 Å². The highest BCUT2D eigenvalue weighted by atomic mass is 32.1. The van der Waals surface area contributed by atoms with Crippen LogP contribution in [-0.2, 0) is 9.53 Å². The summed E-state index contributed by atoms with van der Waals surface area (Å²) in [5.74, 6) is 0.0804. The quantitative estimate of drug-likeness (QED) is 0.710. The van der Waals surface area contributed by atoms with Crippen LogP contribution >= 0.6 is 12.2 Å². The van der Waals surface area contributed by atoms with Crippen molar-refractivity contribution in [3.8, 4) is 0 Å². The molecule has 16 heavy (non-hydrogen) atoms. The maximum Gasteiger partial charge on any atom is 0.225 e. The van der Waals surface area contributed by atoms with E-state index in [0.29, 0.717) is 24.5 Å². The molecule has 0 aromatic carbocycles. The van der Waals surface area contributed by atoms with Crippen molar-refractivity contribution in [2.45, 2.75) is 38.2 Å². The van der Waals surface area contributed by atoms with Gasteiger partial charge in [-0.3, -0.25) is 4.79 Å². The highest BCUT2D eigenvalue weighted by molar-refractivity contribution is 7.80. The molecule has 1 fully saturated rings. The van der Waals surface area contributed by atoms with Gasteiger partial charge in [0.2, 0.25) is 5.91 Å². The third-order valence-electron chi connectivity index (χ3n) is 3.25. The summed E-state index contributed by atoms with van der Waals surface area (Å²) in [4.78, 5) is 14.0. The van der Waals surface area contributed by atoms with Crippen LogP contribution in [0.5, 0.6) is 0 Å². The zero-order valence-electron chi connectivity index (χ0n) is 9.99. The van der Waals surface area contributed by atoms with Gasteiger partial charge in [-0.2, -0.15) is 0 Å². The van der Waals surface area contributed by atoms with E-state index in [4.69, 9.17) is 22.7 Å². The summed E-state index contributed by atoms with van der Waals surface area (Å²) in [5, 5.41) is 0. The Hall–Kier alpha value is -0.680. The van der Waals surface area contributed by atoms with Gasteiger partial charge in [-0.15, -0.1) is 0 Å². The molecule has 0 aliphatic heterocycles. The average molecular weight is 244 g/mol. The number of likely N-dealkylation sites (N-methyl/N-ethyl adjacent to an activating group) is 1. The number of nitrogens with zero attached hydrogens (tertiary/aromatic N) is 1. The van der Waals surface area contributed by atoms with Gasteiger partial charge in [0.1, 0.15) is 0 Å². The number of carbonyl (C=O) groups is 1. The normalized spacial score (nSPS) is 17.6. The molecule has 92 valence electrons. The fraction of sp³-hybridized carbons (Fsp3) is 0.818. The number of rotatable bonds is 6. The van der Waals surface area contributed by atoms with Crippen molar-refractivity contribution in [1.82, 2.24) is 4.90 Å². The van der Waals surface area contributed by atoms with E-state index >= 15 is 0 Å². The Labute approximate surface area is 102 Å². The molecule has 0 aromatic rings. The molecule has 0 atom stereocenters. The zero-order valence-corrected chi connectivity index (χ0v) is 10.8. The van der Waals surface area contributed by atoms with Crippen LogP contribution in [0.15, 0.2) is 0 Å². The Balaban J connectivity index is 2.51. The molecule has 2 N–H and O–H groups in total. The van der Waals surface area contributed by atoms with Gasteiger partial charge in [-0.25, -0.2) is 0 Å². The number of ether oxygens (including phenoxy) is 1. The lowest BCUT2D eigenvalue weighted by Gasteiger charge is -2.41. The molecule has 5 heteroatoms. The number of carbonyl (C=O) groups excluding carboxylic acids is 1. The van der Waals surface area contributed by atoms with Crippen molar-refractivity contribution in [3.63, 3.8) is 0 Å². The van der Waals surface area contributed by atoms with E-state index < -0.39 is 0 Å². The molecule has 1 aliphatic rings. The Morgan fingerprint density at radius 1 is 1.56 bits per heavy atom. The lowest BCUT2D eigenvalue weighted by Crippen LogP contribution is -2.46. The minimum atomic E-state index is -0.222. The van der Waals surface area contributed by atoms with Gasteiger partial charge in [0.05, 0.1) is 23.6 Å². The summed E-state index contributed by atoms with van der Waals surface area (Å²) >= 11 is 4.82. The Morgan fingerprint density at radius 2 is 2.19 bits per heavy atom. The minimum absolute atomic E-state index is 0.0804. The van der Waals surface area contributed by atoms with Crippen LogP contribution in [0.1, 0.15) is 32.6 Å². The molecule has 0 unspecified atom stereocenters. The maximum absolute atomic E-state index is 12.0. The molecule has 0 heterocycles. The summed E-state index contributed by atoms with van der Waals surface area (Å²) in [6.07, 6.45) is 3.53. The van der Waals surface area contributed by atoms with Crippen LogP contribution in [0, 0.1) is 0 Å². The first-order chi connectivity index (χ1) is 7.53. The predicted molar refractivity (Wildman–Crippen MR) is 67.2 cm³/mol. The minimum Gasteiger partial charge on any atom is -0.392 e. The molecule has 0 aromatic heterocycles. The average Bonchev–Trinajstić information content (AvgIpc) is 2.19. The third-order valence-corrected chi connectivity index (χ3v) is 3.38. The number of nitrogens with two attached hydrogens (primary N) is 1. The van der Waals surface area contributed by atoms with E-state index in [1.54, 1.807) is 12.0 Å². The topological polar surface area (TPSA) is 55.6 Å². The van der Waals surface area contributed by atoms with Crippen LogP contribution in [0.3, 0.4) is 0 Å². The van der Waals surface area contributed by atoms with E-state index in [1.807, 2.05) is 6.92 Å². The van der Waals surface area contributed by atoms with Crippen molar-refractivity contribution in [2.24, 2.45) is 5.73 Å². The highest BCUT2D eigenvalue weighted by Gasteiger charge is 2.39. The van der Waals surface area contributed by atoms with Crippen LogP contribution in [-0.4, -0.2) is 41.6 Å². The first-order valence-corrected chi connectivity index (χ1v) is 6.05. The fourth-order valence-electron chi connectivity index (χ4n) is 1.98. The van der Waals surface area contributed by atoms with Gasteiger partial charge in [0, 0.05) is 13.7 Å². The smallest absolute Gasteiger partial charge is 0.225 e. The molecule has 1 saturated carbocycles. The van der Waals surface area contributed by atoms with E-state index in [0.717, 1.165) is 19.3 Å². The predicted octanol–water partition coefficient (Wildman–Crippen LogP) is 1.08. The van der Waals surface area contributed by atoms with Gasteiger partial charge in [0.25, 0.3) is 0 Å². The van der Waals surface area contributed by atoms with E-state index in [2.05, 4.69) is 0 Å². The standard InChI is InChI=1S/C11H20N2O2S/c1-3-13(8-9(12)16)10(14)7-11(15-2)5-4-6-11/h3-8H2,1-2H3,(H2,12,16). The number of amides is 1. The number of hydrogen-bond donors (Lipinski definition) is 1. The third kappa shape index (κ3) is 3.15. The summed E-state index contributed by atoms with van der Waals surface area (Å²) in [6.45, 7) is 2.93. The zero-order chi connectivity index (χ0) is 12.2. The fourth-order valence-corrected chi connectivity index (χ4v) is 2.13. The first kappa shape index (κ1) is 13.4. The Kier molecular flexibility index (Phi) is 4.68. The van der Waals surface area contributed by atoms with Gasteiger partial charge in [0.15, 0.2) is 0 Å². The lowest BCUT2D eigenvalue weighted by molar-refractivity contribution is -0.143. The molecule has 4 nitrogen and oxygen atoms in total. The summed E-state index contributed by atoms with van der Waals surface area (Å²) in [7, 11) is 1.68. The van der Waals surface area contributed by atoms with Crippen LogP contribution in [0.4, 0.5) is 0 Å². The first-order valence-electron chi connectivity index (χ1n) is 5.64. The molecule has 0 bridgehead atoms. The van der Waals surface area contributed by atoms with Crippen molar-refractivity contribution in [2.75, 3.05) is 20.2 Å². The van der Waals surface area contributed by atoms with Crippen LogP contribution in [0.25, 0.3) is 0 Å². The van der Waals surface area contributed by atoms with Gasteiger partial charge >= 0.3 is 0 Å². The Bertz CT molecular complexity index is 272. The molecule has 1 rings (SSSR count). The molecule has 0 saturated heterocycles. The van der Waals surface area contributed by atoms with E-state index in [-0.39, 0.29) is 11.5 Å². The highest BCUT2D eigenvalue weighted by Crippen LogP contribution is 2.38. The second kappa shape index (κ2) is 5.59. The number of methoxy groups -OCH3 is 1. The molecule has 1 amide bonds. The van der Waals surface area contributed by atoms with Gasteiger partial charge < -0.3 is 15.4 Å². The monoisotopic (exact) mass is 244 g/mol. The van der Waals surface area contributed by atoms with Gasteiger partial charge in [-0.1, -0.05) is 12.2 Å². The second-order valence-electron chi connectivity index (χ2n) is 4.29. The maximum atomic E-state index is 12.0. The molecule has 0 spiro atoms. The summed E-state index contributed by atoms with van der Waals surface area (Å²) in [5.41, 5.74) is 5.23. The van der Waals surface area contributed by atoms with E-state index in [9.17, 15) is 4.79 Å². The largest absolute Gasteiger partial charge is 0.392 e. The number of hydrogen-bond acceptors (Lipinski definition) is 3. The lowest BCUT2D eigenvalue weighted by atomic mass is 9.77. The molecular formula is C11H20N2O2S. The molecule has 0 radical (unpaired) electrons. The van der Waals surface area contributed by atoms with Crippen LogP contribution in [0.2, 0.25) is 0 Å². The summed E-state index contributed by atoms with van der Waals surface area (Å²) in [6, 6.07) is 0. The summed E-state index contributed by atoms with van der Waals surface area (Å²) < 4.78 is 5.43. The Morgan fingerprint density at radius 3 is 2.50 bits per heavy atom. The van der Waals surface area contributed by atoms with Crippen molar-refractivity contribution in [3.05, 3.63) is 0 Å². The molecular weight excluding hydrogens is 224 g/mol. The van der Waals surface area contributed by atoms with Crippen molar-refractivity contribution >= 4 is 23.1 Å². The van der Waals surface area contributed by atoms with Gasteiger partial charge in [-0.05, 0) is 26.2 Å². The number of thiocarbonyl (C=S) groups is 1. The molecule has 1 aliphatic carbocycles. The van der Waals surface area contributed by atoms with E-state index in [1.165, 1.54) is 0 Å². The van der Waals surface area contributed by atoms with Crippen molar-refractivity contribution < 1.29 is 9.53 Å². The van der Waals surface area contributed by atoms with Crippen molar-refractivity contribution in [1.29, 1.82) is 0 Å².